The number of rotatable bonds is 7. The zero-order valence-electron chi connectivity index (χ0n) is 15.4. The Balaban J connectivity index is 1.84. The molecule has 0 radical (unpaired) electrons. The molecule has 6 nitrogen and oxygen atoms in total. The number of likely N-dealkylation sites (N-methyl/N-ethyl adjacent to an activating group) is 2. The van der Waals surface area contributed by atoms with Crippen molar-refractivity contribution in [3.05, 3.63) is 30.6 Å². The fourth-order valence-corrected chi connectivity index (χ4v) is 4.39. The van der Waals surface area contributed by atoms with Gasteiger partial charge in [0.25, 0.3) is 0 Å². The van der Waals surface area contributed by atoms with Gasteiger partial charge in [-0.25, -0.2) is 0 Å². The number of hydrogen-bond donors (Lipinski definition) is 2. The minimum absolute atomic E-state index is 0.876. The maximum atomic E-state index is 4.98. The second kappa shape index (κ2) is 7.26. The van der Waals surface area contributed by atoms with Gasteiger partial charge in [-0.2, -0.15) is 5.10 Å². The summed E-state index contributed by atoms with van der Waals surface area (Å²) in [5.74, 6) is 0. The largest absolute Gasteiger partial charge is 0.383 e. The van der Waals surface area contributed by atoms with Crippen LogP contribution in [-0.2, 0) is 6.54 Å². The van der Waals surface area contributed by atoms with Crippen LogP contribution in [0.15, 0.2) is 40.4 Å². The highest BCUT2D eigenvalue weighted by Crippen LogP contribution is 2.49. The van der Waals surface area contributed by atoms with E-state index in [-0.39, 0.29) is 0 Å². The van der Waals surface area contributed by atoms with E-state index in [2.05, 4.69) is 57.5 Å². The van der Waals surface area contributed by atoms with E-state index >= 15 is 0 Å². The van der Waals surface area contributed by atoms with Gasteiger partial charge in [0, 0.05) is 58.5 Å². The minimum atomic E-state index is 0.876. The predicted octanol–water partition coefficient (Wildman–Crippen LogP) is 2.76. The van der Waals surface area contributed by atoms with Crippen molar-refractivity contribution in [3.8, 4) is 11.3 Å². The lowest BCUT2D eigenvalue weighted by atomic mass is 10.1. The first-order valence-corrected chi connectivity index (χ1v) is 9.69. The highest BCUT2D eigenvalue weighted by Gasteiger charge is 2.26. The Morgan fingerprint density at radius 3 is 2.88 bits per heavy atom. The van der Waals surface area contributed by atoms with E-state index in [0.29, 0.717) is 0 Å². The number of anilines is 1. The fraction of sp³-hybridized carbons (Fsp3) is 0.368. The summed E-state index contributed by atoms with van der Waals surface area (Å²) < 4.78 is 2.14. The fourth-order valence-electron chi connectivity index (χ4n) is 3.23. The summed E-state index contributed by atoms with van der Waals surface area (Å²) >= 11 is 1.79. The van der Waals surface area contributed by atoms with Crippen molar-refractivity contribution in [2.75, 3.05) is 46.1 Å². The smallest absolute Gasteiger partial charge is 0.103 e. The second-order valence-corrected chi connectivity index (χ2v) is 7.77. The van der Waals surface area contributed by atoms with Gasteiger partial charge in [0.1, 0.15) is 5.69 Å². The first-order chi connectivity index (χ1) is 12.7. The first-order valence-electron chi connectivity index (χ1n) is 8.88. The Morgan fingerprint density at radius 1 is 1.19 bits per heavy atom. The number of nitrogens with one attached hydrogen (secondary N) is 2. The van der Waals surface area contributed by atoms with Crippen LogP contribution in [0.5, 0.6) is 0 Å². The molecule has 0 spiro atoms. The van der Waals surface area contributed by atoms with Crippen LogP contribution in [0.3, 0.4) is 0 Å². The monoisotopic (exact) mass is 368 g/mol. The van der Waals surface area contributed by atoms with Crippen LogP contribution in [0.2, 0.25) is 0 Å². The standard InChI is InChI=1S/C19H24N6S/c1-20-8-9-22-14-4-5-15-17-18(23-25(15)11-10-24(2)3)13-6-7-21-12-16(13)26-19(14)17/h4-7,12,20,22H,8-11H2,1-3H3. The van der Waals surface area contributed by atoms with Crippen LogP contribution in [0.1, 0.15) is 0 Å². The van der Waals surface area contributed by atoms with Gasteiger partial charge in [-0.05, 0) is 39.3 Å². The van der Waals surface area contributed by atoms with Gasteiger partial charge in [0.05, 0.1) is 12.1 Å². The number of nitrogens with zero attached hydrogens (tertiary/aromatic N) is 4. The van der Waals surface area contributed by atoms with Crippen molar-refractivity contribution in [2.24, 2.45) is 0 Å². The quantitative estimate of drug-likeness (QED) is 0.489. The third-order valence-corrected chi connectivity index (χ3v) is 5.75. The molecule has 1 aliphatic rings. The van der Waals surface area contributed by atoms with Gasteiger partial charge in [0.15, 0.2) is 0 Å². The normalized spacial score (nSPS) is 12.6. The zero-order chi connectivity index (χ0) is 18.1. The van der Waals surface area contributed by atoms with Crippen molar-refractivity contribution in [1.82, 2.24) is 25.0 Å². The lowest BCUT2D eigenvalue weighted by molar-refractivity contribution is 0.377. The summed E-state index contributed by atoms with van der Waals surface area (Å²) in [5.41, 5.74) is 4.62. The molecule has 3 heterocycles. The number of hydrogen-bond acceptors (Lipinski definition) is 6. The maximum absolute atomic E-state index is 4.98. The van der Waals surface area contributed by atoms with Crippen molar-refractivity contribution in [2.45, 2.75) is 16.3 Å². The average Bonchev–Trinajstić information content (AvgIpc) is 3.02. The number of benzene rings is 1. The Hall–Kier alpha value is -2.09. The van der Waals surface area contributed by atoms with Gasteiger partial charge >= 0.3 is 0 Å². The number of aromatic nitrogens is 3. The molecule has 4 rings (SSSR count). The molecule has 0 aliphatic carbocycles. The molecule has 26 heavy (non-hydrogen) atoms. The van der Waals surface area contributed by atoms with Gasteiger partial charge < -0.3 is 15.5 Å². The molecular weight excluding hydrogens is 344 g/mol. The summed E-state index contributed by atoms with van der Waals surface area (Å²) in [5, 5.41) is 13.0. The van der Waals surface area contributed by atoms with Crippen molar-refractivity contribution >= 4 is 28.4 Å². The van der Waals surface area contributed by atoms with Gasteiger partial charge in [0.2, 0.25) is 0 Å². The first kappa shape index (κ1) is 17.3. The molecule has 7 heteroatoms. The molecular formula is C19H24N6S. The third-order valence-electron chi connectivity index (χ3n) is 4.57. The van der Waals surface area contributed by atoms with E-state index in [1.807, 2.05) is 19.4 Å². The van der Waals surface area contributed by atoms with Crippen molar-refractivity contribution < 1.29 is 0 Å². The zero-order valence-corrected chi connectivity index (χ0v) is 16.2. The second-order valence-electron chi connectivity index (χ2n) is 6.72. The number of fused-ring (bicyclic) bond motifs is 2. The Labute approximate surface area is 158 Å². The van der Waals surface area contributed by atoms with Crippen LogP contribution in [0, 0.1) is 0 Å². The molecule has 0 unspecified atom stereocenters. The lowest BCUT2D eigenvalue weighted by Crippen LogP contribution is -2.19. The summed E-state index contributed by atoms with van der Waals surface area (Å²) in [4.78, 5) is 8.93. The van der Waals surface area contributed by atoms with Crippen LogP contribution in [-0.4, -0.2) is 60.4 Å². The average molecular weight is 369 g/mol. The van der Waals surface area contributed by atoms with E-state index in [1.165, 1.54) is 31.9 Å². The molecule has 2 N–H and O–H groups in total. The highest BCUT2D eigenvalue weighted by molar-refractivity contribution is 8.00. The van der Waals surface area contributed by atoms with Crippen molar-refractivity contribution in [1.29, 1.82) is 0 Å². The maximum Gasteiger partial charge on any atom is 0.103 e. The van der Waals surface area contributed by atoms with Crippen LogP contribution < -0.4 is 10.6 Å². The molecule has 0 amide bonds. The molecule has 0 saturated heterocycles. The van der Waals surface area contributed by atoms with Crippen LogP contribution >= 0.6 is 11.8 Å². The Bertz CT molecular complexity index is 933. The molecule has 136 valence electrons. The Morgan fingerprint density at radius 2 is 2.08 bits per heavy atom. The topological polar surface area (TPSA) is 58.0 Å². The molecule has 0 saturated carbocycles. The molecule has 2 aromatic heterocycles. The van der Waals surface area contributed by atoms with Gasteiger partial charge in [-0.3, -0.25) is 9.67 Å². The van der Waals surface area contributed by atoms with Gasteiger partial charge in [-0.15, -0.1) is 0 Å². The van der Waals surface area contributed by atoms with E-state index < -0.39 is 0 Å². The summed E-state index contributed by atoms with van der Waals surface area (Å²) in [7, 11) is 6.16. The number of pyridine rings is 1. The molecule has 1 aliphatic heterocycles. The minimum Gasteiger partial charge on any atom is -0.383 e. The summed E-state index contributed by atoms with van der Waals surface area (Å²) in [6, 6.07) is 6.45. The molecule has 0 atom stereocenters. The van der Waals surface area contributed by atoms with Crippen LogP contribution in [0.25, 0.3) is 22.2 Å². The molecule has 3 aromatic rings. The van der Waals surface area contributed by atoms with E-state index in [0.717, 1.165) is 31.9 Å². The Kier molecular flexibility index (Phi) is 4.84. The van der Waals surface area contributed by atoms with Crippen molar-refractivity contribution in [3.63, 3.8) is 0 Å². The highest BCUT2D eigenvalue weighted by atomic mass is 32.2. The molecule has 0 bridgehead atoms. The van der Waals surface area contributed by atoms with E-state index in [9.17, 15) is 0 Å². The third kappa shape index (κ3) is 3.06. The molecule has 1 aromatic carbocycles. The summed E-state index contributed by atoms with van der Waals surface area (Å²) in [6.45, 7) is 3.65. The van der Waals surface area contributed by atoms with E-state index in [1.54, 1.807) is 11.8 Å². The van der Waals surface area contributed by atoms with Crippen LogP contribution in [0.4, 0.5) is 5.69 Å². The molecule has 0 fully saturated rings. The predicted molar refractivity (Wildman–Crippen MR) is 108 cm³/mol. The van der Waals surface area contributed by atoms with E-state index in [4.69, 9.17) is 5.10 Å². The van der Waals surface area contributed by atoms with Gasteiger partial charge in [-0.1, -0.05) is 11.8 Å². The lowest BCUT2D eigenvalue weighted by Gasteiger charge is -2.18. The SMILES string of the molecule is CNCCNc1ccc2c3c(nn2CCN(C)C)-c2ccncc2Sc13. The summed E-state index contributed by atoms with van der Waals surface area (Å²) in [6.07, 6.45) is 3.79.